The van der Waals surface area contributed by atoms with Crippen LogP contribution in [0, 0.1) is 0 Å². The lowest BCUT2D eigenvalue weighted by Gasteiger charge is -2.12. The predicted molar refractivity (Wildman–Crippen MR) is 123 cm³/mol. The van der Waals surface area contributed by atoms with E-state index in [1.165, 1.54) is 24.5 Å². The van der Waals surface area contributed by atoms with Crippen molar-refractivity contribution in [2.75, 3.05) is 26.1 Å². The van der Waals surface area contributed by atoms with Crippen molar-refractivity contribution < 1.29 is 9.53 Å². The molecular formula is C24H22N2O3S. The van der Waals surface area contributed by atoms with Gasteiger partial charge in [0.25, 0.3) is 5.56 Å². The van der Waals surface area contributed by atoms with E-state index < -0.39 is 5.97 Å². The summed E-state index contributed by atoms with van der Waals surface area (Å²) in [6, 6.07) is 21.4. The van der Waals surface area contributed by atoms with Gasteiger partial charge >= 0.3 is 5.97 Å². The molecule has 0 saturated carbocycles. The molecule has 0 fully saturated rings. The lowest BCUT2D eigenvalue weighted by atomic mass is 10.1. The van der Waals surface area contributed by atoms with Crippen LogP contribution in [0.1, 0.15) is 15.9 Å². The van der Waals surface area contributed by atoms with Crippen LogP contribution in [-0.2, 0) is 11.3 Å². The van der Waals surface area contributed by atoms with Crippen molar-refractivity contribution in [1.82, 2.24) is 4.57 Å². The quantitative estimate of drug-likeness (QED) is 0.444. The van der Waals surface area contributed by atoms with E-state index in [0.29, 0.717) is 12.1 Å². The van der Waals surface area contributed by atoms with Gasteiger partial charge in [-0.15, -0.1) is 11.3 Å². The van der Waals surface area contributed by atoms with E-state index in [4.69, 9.17) is 4.74 Å². The number of hydrogen-bond acceptors (Lipinski definition) is 5. The minimum Gasteiger partial charge on any atom is -0.465 e. The number of carbonyl (C=O) groups is 1. The van der Waals surface area contributed by atoms with Gasteiger partial charge in [0.1, 0.15) is 0 Å². The lowest BCUT2D eigenvalue weighted by molar-refractivity contribution is 0.0603. The monoisotopic (exact) mass is 418 g/mol. The molecule has 0 spiro atoms. The van der Waals surface area contributed by atoms with Crippen molar-refractivity contribution in [3.05, 3.63) is 88.2 Å². The van der Waals surface area contributed by atoms with Gasteiger partial charge in [-0.3, -0.25) is 4.79 Å². The first-order valence-electron chi connectivity index (χ1n) is 9.55. The summed E-state index contributed by atoms with van der Waals surface area (Å²) in [5.41, 5.74) is 3.99. The molecule has 0 amide bonds. The Labute approximate surface area is 178 Å². The topological polar surface area (TPSA) is 51.5 Å². The minimum atomic E-state index is -0.500. The minimum absolute atomic E-state index is 0.223. The average Bonchev–Trinajstić information content (AvgIpc) is 3.21. The number of thiophene rings is 1. The maximum absolute atomic E-state index is 12.9. The first-order valence-corrected chi connectivity index (χ1v) is 10.4. The summed E-state index contributed by atoms with van der Waals surface area (Å²) in [5, 5.41) is 0. The fourth-order valence-electron chi connectivity index (χ4n) is 3.42. The van der Waals surface area contributed by atoms with Gasteiger partial charge in [-0.1, -0.05) is 42.5 Å². The molecule has 0 atom stereocenters. The molecule has 2 aromatic carbocycles. The summed E-state index contributed by atoms with van der Waals surface area (Å²) in [6.07, 6.45) is 0. The summed E-state index contributed by atoms with van der Waals surface area (Å²) >= 11 is 1.49. The first kappa shape index (κ1) is 19.9. The number of nitrogens with zero attached hydrogens (tertiary/aromatic N) is 2. The fourth-order valence-corrected chi connectivity index (χ4v) is 4.59. The number of methoxy groups -OCH3 is 1. The highest BCUT2D eigenvalue weighted by Gasteiger charge is 2.19. The number of ether oxygens (including phenoxy) is 1. The molecule has 2 heterocycles. The van der Waals surface area contributed by atoms with Crippen LogP contribution < -0.4 is 10.5 Å². The summed E-state index contributed by atoms with van der Waals surface area (Å²) < 4.78 is 7.40. The van der Waals surface area contributed by atoms with Crippen molar-refractivity contribution >= 4 is 33.2 Å². The Morgan fingerprint density at radius 2 is 1.73 bits per heavy atom. The molecule has 6 heteroatoms. The molecular weight excluding hydrogens is 396 g/mol. The van der Waals surface area contributed by atoms with Crippen molar-refractivity contribution in [3.8, 4) is 10.4 Å². The first-order chi connectivity index (χ1) is 14.5. The number of hydrogen-bond donors (Lipinski definition) is 0. The van der Waals surface area contributed by atoms with E-state index in [0.717, 1.165) is 31.9 Å². The average molecular weight is 419 g/mol. The van der Waals surface area contributed by atoms with Crippen LogP contribution >= 0.6 is 11.3 Å². The van der Waals surface area contributed by atoms with Crippen molar-refractivity contribution in [1.29, 1.82) is 0 Å². The van der Waals surface area contributed by atoms with E-state index in [2.05, 4.69) is 24.3 Å². The Kier molecular flexibility index (Phi) is 5.42. The van der Waals surface area contributed by atoms with Crippen LogP contribution in [0.5, 0.6) is 0 Å². The summed E-state index contributed by atoms with van der Waals surface area (Å²) in [4.78, 5) is 28.3. The second-order valence-corrected chi connectivity index (χ2v) is 8.28. The van der Waals surface area contributed by atoms with Crippen LogP contribution in [0.4, 0.5) is 5.69 Å². The van der Waals surface area contributed by atoms with Crippen LogP contribution in [-0.4, -0.2) is 31.7 Å². The molecule has 0 N–H and O–H groups in total. The Balaban J connectivity index is 1.89. The molecule has 0 unspecified atom stereocenters. The second kappa shape index (κ2) is 8.16. The Hall–Kier alpha value is -3.38. The van der Waals surface area contributed by atoms with Gasteiger partial charge in [0.15, 0.2) is 0 Å². The molecule has 30 heavy (non-hydrogen) atoms. The predicted octanol–water partition coefficient (Wildman–Crippen LogP) is 4.63. The summed E-state index contributed by atoms with van der Waals surface area (Å²) in [7, 11) is 5.33. The number of pyridine rings is 1. The third-order valence-corrected chi connectivity index (χ3v) is 6.25. The highest BCUT2D eigenvalue weighted by molar-refractivity contribution is 7.22. The maximum Gasteiger partial charge on any atom is 0.339 e. The second-order valence-electron chi connectivity index (χ2n) is 7.23. The van der Waals surface area contributed by atoms with Gasteiger partial charge < -0.3 is 14.2 Å². The Morgan fingerprint density at radius 1 is 1.03 bits per heavy atom. The van der Waals surface area contributed by atoms with Crippen LogP contribution in [0.15, 0.2) is 71.5 Å². The van der Waals surface area contributed by atoms with E-state index in [9.17, 15) is 9.59 Å². The number of fused-ring (bicyclic) bond motifs is 1. The smallest absolute Gasteiger partial charge is 0.339 e. The van der Waals surface area contributed by atoms with Gasteiger partial charge in [0.05, 0.1) is 29.4 Å². The largest absolute Gasteiger partial charge is 0.465 e. The molecule has 4 aromatic rings. The Morgan fingerprint density at radius 3 is 2.37 bits per heavy atom. The summed E-state index contributed by atoms with van der Waals surface area (Å²) in [5.74, 6) is -0.500. The van der Waals surface area contributed by atoms with E-state index in [-0.39, 0.29) is 5.56 Å². The number of aromatic nitrogens is 1. The summed E-state index contributed by atoms with van der Waals surface area (Å²) in [6.45, 7) is 0.438. The number of anilines is 1. The third kappa shape index (κ3) is 3.74. The van der Waals surface area contributed by atoms with Gasteiger partial charge in [-0.05, 0) is 29.3 Å². The third-order valence-electron chi connectivity index (χ3n) is 5.04. The van der Waals surface area contributed by atoms with Gasteiger partial charge in [-0.2, -0.15) is 0 Å². The zero-order valence-corrected chi connectivity index (χ0v) is 17.9. The molecule has 2 aromatic heterocycles. The van der Waals surface area contributed by atoms with Crippen LogP contribution in [0.3, 0.4) is 0 Å². The van der Waals surface area contributed by atoms with Gasteiger partial charge in [-0.25, -0.2) is 4.79 Å². The van der Waals surface area contributed by atoms with Crippen LogP contribution in [0.25, 0.3) is 20.7 Å². The zero-order valence-electron chi connectivity index (χ0n) is 17.1. The number of rotatable bonds is 5. The SMILES string of the molecule is COC(=O)c1cc(=O)n(Cc2ccccc2)c2cc(-c3ccc(N(C)C)cc3)sc12. The molecule has 0 radical (unpaired) electrons. The molecule has 0 aliphatic heterocycles. The zero-order chi connectivity index (χ0) is 21.3. The maximum atomic E-state index is 12.9. The molecule has 0 saturated heterocycles. The highest BCUT2D eigenvalue weighted by atomic mass is 32.1. The highest BCUT2D eigenvalue weighted by Crippen LogP contribution is 2.36. The van der Waals surface area contributed by atoms with E-state index in [1.54, 1.807) is 4.57 Å². The molecule has 152 valence electrons. The molecule has 5 nitrogen and oxygen atoms in total. The number of benzene rings is 2. The molecule has 0 bridgehead atoms. The van der Waals surface area contributed by atoms with Gasteiger partial charge in [0, 0.05) is 30.7 Å². The number of carbonyl (C=O) groups excluding carboxylic acids is 1. The standard InChI is InChI=1S/C24H22N2O3S/c1-25(2)18-11-9-17(10-12-18)21-14-20-23(30-21)19(24(28)29-3)13-22(27)26(20)15-16-7-5-4-6-8-16/h4-14H,15H2,1-3H3. The number of esters is 1. The van der Waals surface area contributed by atoms with Crippen molar-refractivity contribution in [3.63, 3.8) is 0 Å². The lowest BCUT2D eigenvalue weighted by Crippen LogP contribution is -2.22. The normalized spacial score (nSPS) is 10.9. The van der Waals surface area contributed by atoms with Crippen molar-refractivity contribution in [2.45, 2.75) is 6.54 Å². The Bertz CT molecular complexity index is 1260. The van der Waals surface area contributed by atoms with Crippen LogP contribution in [0.2, 0.25) is 0 Å². The molecule has 0 aliphatic rings. The fraction of sp³-hybridized carbons (Fsp3) is 0.167. The van der Waals surface area contributed by atoms with E-state index >= 15 is 0 Å². The van der Waals surface area contributed by atoms with Crippen molar-refractivity contribution in [2.24, 2.45) is 0 Å². The van der Waals surface area contributed by atoms with Gasteiger partial charge in [0.2, 0.25) is 0 Å². The molecule has 0 aliphatic carbocycles. The van der Waals surface area contributed by atoms with E-state index in [1.807, 2.05) is 55.4 Å². The molecule has 4 rings (SSSR count).